The smallest absolute Gasteiger partial charge is 0.462 e. The normalized spacial score (nSPS) is 14.0. The first-order valence-corrected chi connectivity index (χ1v) is 39.3. The van der Waals surface area contributed by atoms with Crippen LogP contribution < -0.4 is 0 Å². The van der Waals surface area contributed by atoms with Crippen LogP contribution >= 0.6 is 15.6 Å². The number of phosphoric acid groups is 2. The minimum absolute atomic E-state index is 0.106. The number of aliphatic hydroxyl groups excluding tert-OH is 1. The molecule has 0 saturated carbocycles. The van der Waals surface area contributed by atoms with Crippen molar-refractivity contribution in [1.82, 2.24) is 0 Å². The zero-order chi connectivity index (χ0) is 64.7. The van der Waals surface area contributed by atoms with Crippen LogP contribution in [0.5, 0.6) is 0 Å². The SMILES string of the molecule is CCCCCCCCCCCCCCCCCCC(=O)O[C@H](COC(=O)CCCCCCCCCCCCCCCC)COP(=O)(O)OC[C@@H](O)COP(=O)(O)OC[C@@H](COC(=O)CCCCCCCCCCC)OC(=O)CCCCCCCCCCC. The van der Waals surface area contributed by atoms with Crippen molar-refractivity contribution in [3.8, 4) is 0 Å². The topological polar surface area (TPSA) is 237 Å². The molecule has 0 bridgehead atoms. The third-order valence-electron chi connectivity index (χ3n) is 16.1. The van der Waals surface area contributed by atoms with Gasteiger partial charge in [-0.1, -0.05) is 310 Å². The molecule has 0 fully saturated rings. The molecule has 0 spiro atoms. The quantitative estimate of drug-likeness (QED) is 0.0222. The van der Waals surface area contributed by atoms with Gasteiger partial charge in [0.25, 0.3) is 0 Å². The number of unbranched alkanes of at least 4 members (excludes halogenated alkanes) is 44. The average molecular weight is 1300 g/mol. The summed E-state index contributed by atoms with van der Waals surface area (Å²) in [6, 6.07) is 0. The van der Waals surface area contributed by atoms with Crippen LogP contribution in [-0.2, 0) is 65.4 Å². The fraction of sp³-hybridized carbons (Fsp3) is 0.942. The van der Waals surface area contributed by atoms with Crippen molar-refractivity contribution in [2.45, 2.75) is 380 Å². The minimum Gasteiger partial charge on any atom is -0.462 e. The van der Waals surface area contributed by atoms with Crippen LogP contribution in [0, 0.1) is 0 Å². The number of hydrogen-bond acceptors (Lipinski definition) is 15. The van der Waals surface area contributed by atoms with Gasteiger partial charge < -0.3 is 33.8 Å². The molecule has 0 aromatic rings. The maximum Gasteiger partial charge on any atom is 0.472 e. The Balaban J connectivity index is 5.21. The zero-order valence-electron chi connectivity index (χ0n) is 56.7. The maximum absolute atomic E-state index is 13.0. The van der Waals surface area contributed by atoms with Gasteiger partial charge in [0.15, 0.2) is 12.2 Å². The second-order valence-corrected chi connectivity index (χ2v) is 27.8. The van der Waals surface area contributed by atoms with Gasteiger partial charge in [0, 0.05) is 25.7 Å². The molecule has 0 aromatic carbocycles. The van der Waals surface area contributed by atoms with Gasteiger partial charge in [-0.25, -0.2) is 9.13 Å². The van der Waals surface area contributed by atoms with Crippen LogP contribution in [0.4, 0.5) is 0 Å². The molecule has 522 valence electrons. The summed E-state index contributed by atoms with van der Waals surface area (Å²) < 4.78 is 68.2. The Labute approximate surface area is 537 Å². The molecule has 0 aromatic heterocycles. The van der Waals surface area contributed by atoms with Crippen LogP contribution in [0.25, 0.3) is 0 Å². The molecular weight excluding hydrogens is 1160 g/mol. The van der Waals surface area contributed by atoms with Gasteiger partial charge in [-0.2, -0.15) is 0 Å². The number of ether oxygens (including phenoxy) is 4. The van der Waals surface area contributed by atoms with E-state index in [2.05, 4.69) is 27.7 Å². The minimum atomic E-state index is -4.95. The molecule has 19 heteroatoms. The van der Waals surface area contributed by atoms with E-state index in [0.29, 0.717) is 25.7 Å². The maximum atomic E-state index is 13.0. The second kappa shape index (κ2) is 63.8. The number of aliphatic hydroxyl groups is 1. The third kappa shape index (κ3) is 62.8. The summed E-state index contributed by atoms with van der Waals surface area (Å²) in [5, 5.41) is 10.6. The number of hydrogen-bond donors (Lipinski definition) is 3. The highest BCUT2D eigenvalue weighted by Crippen LogP contribution is 2.45. The summed E-state index contributed by atoms with van der Waals surface area (Å²) >= 11 is 0. The van der Waals surface area contributed by atoms with E-state index in [1.807, 2.05) is 0 Å². The summed E-state index contributed by atoms with van der Waals surface area (Å²) in [4.78, 5) is 72.4. The predicted octanol–water partition coefficient (Wildman–Crippen LogP) is 19.9. The Morgan fingerprint density at radius 1 is 0.273 bits per heavy atom. The van der Waals surface area contributed by atoms with Crippen molar-refractivity contribution >= 4 is 39.5 Å². The number of carbonyl (C=O) groups is 4. The van der Waals surface area contributed by atoms with E-state index < -0.39 is 97.5 Å². The number of carbonyl (C=O) groups excluding carboxylic acids is 4. The Kier molecular flexibility index (Phi) is 62.4. The van der Waals surface area contributed by atoms with Crippen LogP contribution in [-0.4, -0.2) is 96.7 Å². The molecule has 88 heavy (non-hydrogen) atoms. The van der Waals surface area contributed by atoms with Gasteiger partial charge in [-0.15, -0.1) is 0 Å². The van der Waals surface area contributed by atoms with Crippen LogP contribution in [0.2, 0.25) is 0 Å². The lowest BCUT2D eigenvalue weighted by atomic mass is 10.0. The highest BCUT2D eigenvalue weighted by atomic mass is 31.2. The van der Waals surface area contributed by atoms with Gasteiger partial charge >= 0.3 is 39.5 Å². The van der Waals surface area contributed by atoms with Crippen molar-refractivity contribution < 1.29 is 80.2 Å². The molecule has 0 aliphatic heterocycles. The first kappa shape index (κ1) is 86.1. The number of esters is 4. The second-order valence-electron chi connectivity index (χ2n) is 24.9. The third-order valence-corrected chi connectivity index (χ3v) is 18.0. The molecular formula is C69H134O17P2. The van der Waals surface area contributed by atoms with Gasteiger partial charge in [-0.3, -0.25) is 37.3 Å². The van der Waals surface area contributed by atoms with Crippen molar-refractivity contribution in [3.63, 3.8) is 0 Å². The molecule has 0 heterocycles. The highest BCUT2D eigenvalue weighted by Gasteiger charge is 2.30. The van der Waals surface area contributed by atoms with Gasteiger partial charge in [0.05, 0.1) is 26.4 Å². The zero-order valence-corrected chi connectivity index (χ0v) is 58.5. The fourth-order valence-corrected chi connectivity index (χ4v) is 12.1. The molecule has 0 aliphatic rings. The van der Waals surface area contributed by atoms with Crippen molar-refractivity contribution in [2.75, 3.05) is 39.6 Å². The Morgan fingerprint density at radius 2 is 0.455 bits per heavy atom. The Hall–Kier alpha value is -1.94. The molecule has 0 aliphatic carbocycles. The fourth-order valence-electron chi connectivity index (χ4n) is 10.5. The molecule has 0 amide bonds. The highest BCUT2D eigenvalue weighted by molar-refractivity contribution is 7.47. The monoisotopic (exact) mass is 1300 g/mol. The summed E-state index contributed by atoms with van der Waals surface area (Å²) in [6.07, 6.45) is 51.3. The predicted molar refractivity (Wildman–Crippen MR) is 354 cm³/mol. The van der Waals surface area contributed by atoms with E-state index in [9.17, 15) is 43.2 Å². The molecule has 2 unspecified atom stereocenters. The first-order valence-electron chi connectivity index (χ1n) is 36.3. The van der Waals surface area contributed by atoms with Crippen LogP contribution in [0.15, 0.2) is 0 Å². The lowest BCUT2D eigenvalue weighted by Gasteiger charge is -2.21. The van der Waals surface area contributed by atoms with Gasteiger partial charge in [-0.05, 0) is 25.7 Å². The summed E-state index contributed by atoms with van der Waals surface area (Å²) in [7, 11) is -9.89. The van der Waals surface area contributed by atoms with Crippen molar-refractivity contribution in [3.05, 3.63) is 0 Å². The van der Waals surface area contributed by atoms with E-state index in [4.69, 9.17) is 37.0 Å². The number of phosphoric ester groups is 2. The largest absolute Gasteiger partial charge is 0.472 e. The first-order chi connectivity index (χ1) is 42.7. The Morgan fingerprint density at radius 3 is 0.670 bits per heavy atom. The lowest BCUT2D eigenvalue weighted by Crippen LogP contribution is -2.30. The van der Waals surface area contributed by atoms with Crippen molar-refractivity contribution in [2.24, 2.45) is 0 Å². The van der Waals surface area contributed by atoms with Gasteiger partial charge in [0.2, 0.25) is 0 Å². The van der Waals surface area contributed by atoms with E-state index >= 15 is 0 Å². The van der Waals surface area contributed by atoms with Gasteiger partial charge in [0.1, 0.15) is 19.3 Å². The molecule has 0 radical (unpaired) electrons. The Bertz CT molecular complexity index is 1690. The van der Waals surface area contributed by atoms with E-state index in [1.54, 1.807) is 0 Å². The summed E-state index contributed by atoms with van der Waals surface area (Å²) in [6.45, 7) is 4.91. The number of rotatable bonds is 70. The van der Waals surface area contributed by atoms with Crippen LogP contribution in [0.1, 0.15) is 362 Å². The molecule has 5 atom stereocenters. The molecule has 0 rings (SSSR count). The van der Waals surface area contributed by atoms with Crippen molar-refractivity contribution in [1.29, 1.82) is 0 Å². The molecule has 0 saturated heterocycles. The average Bonchev–Trinajstić information content (AvgIpc) is 3.68. The lowest BCUT2D eigenvalue weighted by molar-refractivity contribution is -0.161. The summed E-state index contributed by atoms with van der Waals surface area (Å²) in [5.74, 6) is -2.12. The standard InChI is InChI=1S/C69H134O17P2/c1-5-9-13-17-21-25-27-29-31-32-34-36-40-44-48-52-56-69(74)86-65(60-80-67(72)54-50-46-42-39-35-33-30-28-26-22-18-14-10-6-2)62-84-88(77,78)82-58-63(70)57-81-87(75,76)83-61-64(85-68(73)55-51-47-43-38-24-20-16-12-8-4)59-79-66(71)53-49-45-41-37-23-19-15-11-7-3/h63-65,70H,5-62H2,1-4H3,(H,75,76)(H,77,78)/t63-,64+,65+/m0/s1. The van der Waals surface area contributed by atoms with E-state index in [1.165, 1.54) is 193 Å². The molecule has 17 nitrogen and oxygen atoms in total. The summed E-state index contributed by atoms with van der Waals surface area (Å²) in [5.41, 5.74) is 0. The molecule has 3 N–H and O–H groups in total. The van der Waals surface area contributed by atoms with E-state index in [0.717, 1.165) is 89.9 Å². The van der Waals surface area contributed by atoms with E-state index in [-0.39, 0.29) is 25.7 Å². The van der Waals surface area contributed by atoms with Crippen LogP contribution in [0.3, 0.4) is 0 Å².